The SMILES string of the molecule is C=CCO[C@H]1C=C[C@@H](OCC)O[C@@H]1COC(c1ccccc1)(c1ccccc1)c1ccccc1. The number of ether oxygens (including phenoxy) is 4. The van der Waals surface area contributed by atoms with Crippen LogP contribution in [-0.4, -0.2) is 38.3 Å². The average molecular weight is 457 g/mol. The van der Waals surface area contributed by atoms with Crippen LogP contribution < -0.4 is 0 Å². The fraction of sp³-hybridized carbons (Fsp3) is 0.267. The number of hydrogen-bond acceptors (Lipinski definition) is 4. The standard InChI is InChI=1S/C30H32O4/c1-3-22-32-27-20-21-29(31-4-2)34-28(27)23-33-30(24-14-8-5-9-15-24,25-16-10-6-11-17-25)26-18-12-7-13-19-26/h3,5-21,27-29H,1,4,22-23H2,2H3/t27-,28+,29-/m0/s1. The molecule has 0 aliphatic carbocycles. The van der Waals surface area contributed by atoms with E-state index in [1.807, 2.05) is 73.7 Å². The van der Waals surface area contributed by atoms with Gasteiger partial charge in [0.2, 0.25) is 0 Å². The molecule has 0 spiro atoms. The summed E-state index contributed by atoms with van der Waals surface area (Å²) < 4.78 is 24.9. The molecule has 0 N–H and O–H groups in total. The molecule has 0 unspecified atom stereocenters. The fourth-order valence-electron chi connectivity index (χ4n) is 4.33. The van der Waals surface area contributed by atoms with Crippen molar-refractivity contribution in [3.8, 4) is 0 Å². The van der Waals surface area contributed by atoms with Crippen LogP contribution in [0, 0.1) is 0 Å². The molecule has 176 valence electrons. The number of benzene rings is 3. The molecular weight excluding hydrogens is 424 g/mol. The summed E-state index contributed by atoms with van der Waals surface area (Å²) in [6.45, 7) is 7.01. The third-order valence-corrected chi connectivity index (χ3v) is 5.88. The van der Waals surface area contributed by atoms with Crippen LogP contribution in [0.4, 0.5) is 0 Å². The van der Waals surface area contributed by atoms with Gasteiger partial charge in [-0.15, -0.1) is 6.58 Å². The van der Waals surface area contributed by atoms with Crippen molar-refractivity contribution in [1.29, 1.82) is 0 Å². The molecule has 34 heavy (non-hydrogen) atoms. The molecule has 4 rings (SSSR count). The van der Waals surface area contributed by atoms with Crippen molar-refractivity contribution in [2.24, 2.45) is 0 Å². The van der Waals surface area contributed by atoms with Crippen LogP contribution in [0.3, 0.4) is 0 Å². The van der Waals surface area contributed by atoms with Crippen LogP contribution in [0.25, 0.3) is 0 Å². The summed E-state index contributed by atoms with van der Waals surface area (Å²) in [5.74, 6) is 0. The summed E-state index contributed by atoms with van der Waals surface area (Å²) >= 11 is 0. The van der Waals surface area contributed by atoms with Gasteiger partial charge in [0.1, 0.15) is 17.8 Å². The van der Waals surface area contributed by atoms with Gasteiger partial charge in [-0.25, -0.2) is 0 Å². The molecule has 0 amide bonds. The van der Waals surface area contributed by atoms with E-state index in [9.17, 15) is 0 Å². The second-order valence-electron chi connectivity index (χ2n) is 8.06. The highest BCUT2D eigenvalue weighted by atomic mass is 16.7. The zero-order valence-electron chi connectivity index (χ0n) is 19.6. The summed E-state index contributed by atoms with van der Waals surface area (Å²) in [5, 5.41) is 0. The molecule has 0 bridgehead atoms. The molecular formula is C30H32O4. The Morgan fingerprint density at radius 1 is 0.794 bits per heavy atom. The van der Waals surface area contributed by atoms with Crippen molar-refractivity contribution in [3.63, 3.8) is 0 Å². The maximum atomic E-state index is 6.94. The van der Waals surface area contributed by atoms with Gasteiger partial charge >= 0.3 is 0 Å². The highest BCUT2D eigenvalue weighted by molar-refractivity contribution is 5.47. The Kier molecular flexibility index (Phi) is 8.45. The minimum Gasteiger partial charge on any atom is -0.367 e. The third kappa shape index (κ3) is 5.37. The molecule has 1 aliphatic heterocycles. The molecule has 0 radical (unpaired) electrons. The first-order valence-corrected chi connectivity index (χ1v) is 11.8. The lowest BCUT2D eigenvalue weighted by atomic mass is 9.80. The predicted molar refractivity (Wildman–Crippen MR) is 135 cm³/mol. The molecule has 0 fully saturated rings. The van der Waals surface area contributed by atoms with Crippen molar-refractivity contribution >= 4 is 0 Å². The summed E-state index contributed by atoms with van der Waals surface area (Å²) in [5.41, 5.74) is 2.31. The van der Waals surface area contributed by atoms with Crippen molar-refractivity contribution in [3.05, 3.63) is 132 Å². The Hall–Kier alpha value is -3.02. The lowest BCUT2D eigenvalue weighted by molar-refractivity contribution is -0.197. The highest BCUT2D eigenvalue weighted by Crippen LogP contribution is 2.41. The normalized spacial score (nSPS) is 20.2. The van der Waals surface area contributed by atoms with E-state index in [2.05, 4.69) is 43.0 Å². The van der Waals surface area contributed by atoms with E-state index in [0.29, 0.717) is 19.8 Å². The van der Waals surface area contributed by atoms with Gasteiger partial charge in [-0.2, -0.15) is 0 Å². The smallest absolute Gasteiger partial charge is 0.177 e. The molecule has 3 aromatic rings. The largest absolute Gasteiger partial charge is 0.367 e. The van der Waals surface area contributed by atoms with E-state index < -0.39 is 11.9 Å². The lowest BCUT2D eigenvalue weighted by Crippen LogP contribution is -2.44. The molecule has 0 saturated heterocycles. The fourth-order valence-corrected chi connectivity index (χ4v) is 4.33. The van der Waals surface area contributed by atoms with Gasteiger partial charge in [0.05, 0.1) is 13.2 Å². The molecule has 3 atom stereocenters. The van der Waals surface area contributed by atoms with Crippen LogP contribution in [0.2, 0.25) is 0 Å². The van der Waals surface area contributed by atoms with Crippen LogP contribution >= 0.6 is 0 Å². The first-order valence-electron chi connectivity index (χ1n) is 11.8. The maximum absolute atomic E-state index is 6.94. The Bertz CT molecular complexity index is 937. The van der Waals surface area contributed by atoms with Crippen molar-refractivity contribution < 1.29 is 18.9 Å². The van der Waals surface area contributed by atoms with E-state index in [1.54, 1.807) is 6.08 Å². The number of hydrogen-bond donors (Lipinski definition) is 0. The zero-order valence-corrected chi connectivity index (χ0v) is 19.6. The predicted octanol–water partition coefficient (Wildman–Crippen LogP) is 5.88. The van der Waals surface area contributed by atoms with E-state index in [4.69, 9.17) is 18.9 Å². The Morgan fingerprint density at radius 3 is 1.79 bits per heavy atom. The van der Waals surface area contributed by atoms with Crippen LogP contribution in [0.5, 0.6) is 0 Å². The first kappa shape index (κ1) is 24.1. The van der Waals surface area contributed by atoms with Gasteiger partial charge < -0.3 is 18.9 Å². The minimum absolute atomic E-state index is 0.269. The molecule has 4 nitrogen and oxygen atoms in total. The van der Waals surface area contributed by atoms with Crippen molar-refractivity contribution in [2.75, 3.05) is 19.8 Å². The Balaban J connectivity index is 1.74. The van der Waals surface area contributed by atoms with Crippen LogP contribution in [0.1, 0.15) is 23.6 Å². The van der Waals surface area contributed by atoms with Gasteiger partial charge in [0.15, 0.2) is 6.29 Å². The highest BCUT2D eigenvalue weighted by Gasteiger charge is 2.40. The Morgan fingerprint density at radius 2 is 1.32 bits per heavy atom. The summed E-state index contributed by atoms with van der Waals surface area (Å²) in [6.07, 6.45) is 4.58. The van der Waals surface area contributed by atoms with E-state index >= 15 is 0 Å². The van der Waals surface area contributed by atoms with Crippen LogP contribution in [0.15, 0.2) is 116 Å². The molecule has 1 heterocycles. The van der Waals surface area contributed by atoms with Gasteiger partial charge in [0, 0.05) is 6.61 Å². The van der Waals surface area contributed by atoms with Gasteiger partial charge in [-0.3, -0.25) is 0 Å². The molecule has 0 aromatic heterocycles. The molecule has 1 aliphatic rings. The molecule has 3 aromatic carbocycles. The van der Waals surface area contributed by atoms with E-state index in [1.165, 1.54) is 0 Å². The monoisotopic (exact) mass is 456 g/mol. The summed E-state index contributed by atoms with van der Waals surface area (Å²) in [6, 6.07) is 31.0. The van der Waals surface area contributed by atoms with Gasteiger partial charge in [-0.05, 0) is 29.7 Å². The third-order valence-electron chi connectivity index (χ3n) is 5.88. The zero-order chi connectivity index (χ0) is 23.6. The second-order valence-corrected chi connectivity index (χ2v) is 8.06. The quantitative estimate of drug-likeness (QED) is 0.267. The van der Waals surface area contributed by atoms with Crippen LogP contribution in [-0.2, 0) is 24.5 Å². The number of rotatable bonds is 11. The lowest BCUT2D eigenvalue weighted by Gasteiger charge is -2.39. The van der Waals surface area contributed by atoms with Gasteiger partial charge in [-0.1, -0.05) is 103 Å². The second kappa shape index (κ2) is 11.9. The molecule has 0 saturated carbocycles. The minimum atomic E-state index is -0.821. The topological polar surface area (TPSA) is 36.9 Å². The maximum Gasteiger partial charge on any atom is 0.177 e. The first-order chi connectivity index (χ1) is 16.8. The summed E-state index contributed by atoms with van der Waals surface area (Å²) in [4.78, 5) is 0. The Labute approximate surface area is 202 Å². The average Bonchev–Trinajstić information content (AvgIpc) is 2.90. The van der Waals surface area contributed by atoms with E-state index in [-0.39, 0.29) is 12.2 Å². The summed E-state index contributed by atoms with van der Waals surface area (Å²) in [7, 11) is 0. The van der Waals surface area contributed by atoms with Crippen molar-refractivity contribution in [2.45, 2.75) is 31.0 Å². The van der Waals surface area contributed by atoms with E-state index in [0.717, 1.165) is 16.7 Å². The molecule has 4 heteroatoms. The van der Waals surface area contributed by atoms with Crippen molar-refractivity contribution in [1.82, 2.24) is 0 Å². The van der Waals surface area contributed by atoms with Gasteiger partial charge in [0.25, 0.3) is 0 Å².